The van der Waals surface area contributed by atoms with Gasteiger partial charge in [-0.3, -0.25) is 10.1 Å². The van der Waals surface area contributed by atoms with E-state index in [2.05, 4.69) is 5.32 Å². The molecule has 0 radical (unpaired) electrons. The summed E-state index contributed by atoms with van der Waals surface area (Å²) < 4.78 is 0. The Morgan fingerprint density at radius 1 is 1.56 bits per heavy atom. The second-order valence-corrected chi connectivity index (χ2v) is 5.09. The topological polar surface area (TPSA) is 75.4 Å². The second-order valence-electron chi connectivity index (χ2n) is 3.94. The summed E-state index contributed by atoms with van der Waals surface area (Å²) in [6, 6.07) is 3.23. The first-order chi connectivity index (χ1) is 7.50. The van der Waals surface area contributed by atoms with Crippen LogP contribution in [-0.4, -0.2) is 22.7 Å². The van der Waals surface area contributed by atoms with Gasteiger partial charge in [0.1, 0.15) is 0 Å². The molecule has 1 heterocycles. The van der Waals surface area contributed by atoms with E-state index in [1.807, 2.05) is 13.8 Å². The van der Waals surface area contributed by atoms with Gasteiger partial charge < -0.3 is 10.4 Å². The molecular weight excluding hydrogens is 228 g/mol. The third kappa shape index (κ3) is 3.88. The van der Waals surface area contributed by atoms with Crippen LogP contribution in [0.1, 0.15) is 18.7 Å². The fraction of sp³-hybridized carbons (Fsp3) is 0.600. The number of nitrogens with one attached hydrogen (secondary N) is 1. The normalized spacial score (nSPS) is 13.0. The first kappa shape index (κ1) is 13.1. The van der Waals surface area contributed by atoms with Gasteiger partial charge >= 0.3 is 5.00 Å². The van der Waals surface area contributed by atoms with Gasteiger partial charge in [0.15, 0.2) is 0 Å². The fourth-order valence-electron chi connectivity index (χ4n) is 1.14. The molecule has 16 heavy (non-hydrogen) atoms. The Labute approximate surface area is 98.3 Å². The van der Waals surface area contributed by atoms with E-state index >= 15 is 0 Å². The number of nitro groups is 1. The van der Waals surface area contributed by atoms with Gasteiger partial charge in [0, 0.05) is 24.0 Å². The summed E-state index contributed by atoms with van der Waals surface area (Å²) in [6.45, 7) is 4.95. The average Bonchev–Trinajstić information content (AvgIpc) is 2.66. The molecule has 90 valence electrons. The maximum Gasteiger partial charge on any atom is 0.324 e. The summed E-state index contributed by atoms with van der Waals surface area (Å²) in [5.74, 6) is 0.213. The van der Waals surface area contributed by atoms with Gasteiger partial charge in [-0.2, -0.15) is 0 Å². The van der Waals surface area contributed by atoms with Crippen LogP contribution in [0.25, 0.3) is 0 Å². The minimum atomic E-state index is -0.392. The number of aliphatic hydroxyl groups is 1. The molecule has 0 amide bonds. The molecular formula is C10H16N2O3S. The van der Waals surface area contributed by atoms with Crippen LogP contribution in [0.15, 0.2) is 12.1 Å². The van der Waals surface area contributed by atoms with Crippen LogP contribution < -0.4 is 5.32 Å². The number of nitrogens with zero attached hydrogens (tertiary/aromatic N) is 1. The standard InChI is InChI=1S/C10H16N2O3S/c1-7(2)9(13)6-11-5-8-3-4-10(16-8)12(14)15/h3-4,7,9,11,13H,5-6H2,1-2H3. The van der Waals surface area contributed by atoms with Crippen molar-refractivity contribution >= 4 is 16.3 Å². The number of thiophene rings is 1. The van der Waals surface area contributed by atoms with Gasteiger partial charge in [-0.05, 0) is 12.0 Å². The first-order valence-electron chi connectivity index (χ1n) is 5.12. The van der Waals surface area contributed by atoms with Gasteiger partial charge in [-0.1, -0.05) is 25.2 Å². The molecule has 0 aliphatic heterocycles. The lowest BCUT2D eigenvalue weighted by atomic mass is 10.1. The monoisotopic (exact) mass is 244 g/mol. The lowest BCUT2D eigenvalue weighted by Crippen LogP contribution is -2.29. The Kier molecular flexibility index (Phi) is 4.85. The molecule has 0 saturated heterocycles. The summed E-state index contributed by atoms with van der Waals surface area (Å²) in [6.07, 6.45) is -0.380. The summed E-state index contributed by atoms with van der Waals surface area (Å²) in [5.41, 5.74) is 0. The van der Waals surface area contributed by atoms with Gasteiger partial charge in [0.05, 0.1) is 11.0 Å². The van der Waals surface area contributed by atoms with Gasteiger partial charge in [-0.15, -0.1) is 0 Å². The van der Waals surface area contributed by atoms with Crippen LogP contribution in [0, 0.1) is 16.0 Å². The Hall–Kier alpha value is -0.980. The highest BCUT2D eigenvalue weighted by molar-refractivity contribution is 7.15. The van der Waals surface area contributed by atoms with E-state index in [1.54, 1.807) is 6.07 Å². The van der Waals surface area contributed by atoms with Crippen molar-refractivity contribution in [2.24, 2.45) is 5.92 Å². The van der Waals surface area contributed by atoms with Crippen molar-refractivity contribution < 1.29 is 10.0 Å². The van der Waals surface area contributed by atoms with Gasteiger partial charge in [0.2, 0.25) is 0 Å². The molecule has 0 aliphatic rings. The molecule has 0 aliphatic carbocycles. The lowest BCUT2D eigenvalue weighted by molar-refractivity contribution is -0.380. The minimum absolute atomic E-state index is 0.154. The predicted molar refractivity (Wildman–Crippen MR) is 63.5 cm³/mol. The average molecular weight is 244 g/mol. The summed E-state index contributed by atoms with van der Waals surface area (Å²) in [5, 5.41) is 23.2. The fourth-order valence-corrected chi connectivity index (χ4v) is 1.93. The third-order valence-electron chi connectivity index (χ3n) is 2.25. The van der Waals surface area contributed by atoms with E-state index in [0.717, 1.165) is 16.2 Å². The molecule has 0 fully saturated rings. The van der Waals surface area contributed by atoms with Crippen molar-refractivity contribution in [3.8, 4) is 0 Å². The van der Waals surface area contributed by atoms with Crippen molar-refractivity contribution in [3.05, 3.63) is 27.1 Å². The molecule has 1 aromatic rings. The lowest BCUT2D eigenvalue weighted by Gasteiger charge is -2.14. The van der Waals surface area contributed by atoms with E-state index in [9.17, 15) is 15.2 Å². The highest BCUT2D eigenvalue weighted by Gasteiger charge is 2.11. The maximum absolute atomic E-state index is 10.4. The molecule has 0 aromatic carbocycles. The van der Waals surface area contributed by atoms with Crippen LogP contribution in [0.4, 0.5) is 5.00 Å². The molecule has 2 N–H and O–H groups in total. The summed E-state index contributed by atoms with van der Waals surface area (Å²) >= 11 is 1.16. The van der Waals surface area contributed by atoms with Crippen molar-refractivity contribution in [1.29, 1.82) is 0 Å². The Morgan fingerprint density at radius 3 is 2.75 bits per heavy atom. The first-order valence-corrected chi connectivity index (χ1v) is 5.94. The zero-order chi connectivity index (χ0) is 12.1. The quantitative estimate of drug-likeness (QED) is 0.590. The molecule has 0 saturated carbocycles. The highest BCUT2D eigenvalue weighted by Crippen LogP contribution is 2.23. The van der Waals surface area contributed by atoms with Gasteiger partial charge in [-0.25, -0.2) is 0 Å². The van der Waals surface area contributed by atoms with Crippen LogP contribution in [0.5, 0.6) is 0 Å². The molecule has 1 aromatic heterocycles. The molecule has 1 unspecified atom stereocenters. The third-order valence-corrected chi connectivity index (χ3v) is 3.29. The van der Waals surface area contributed by atoms with E-state index in [4.69, 9.17) is 0 Å². The summed E-state index contributed by atoms with van der Waals surface area (Å²) in [4.78, 5) is 11.0. The minimum Gasteiger partial charge on any atom is -0.392 e. The number of rotatable bonds is 6. The van der Waals surface area contributed by atoms with Crippen molar-refractivity contribution in [1.82, 2.24) is 5.32 Å². The maximum atomic E-state index is 10.4. The smallest absolute Gasteiger partial charge is 0.324 e. The predicted octanol–water partition coefficient (Wildman–Crippen LogP) is 1.76. The van der Waals surface area contributed by atoms with E-state index in [-0.39, 0.29) is 17.0 Å². The van der Waals surface area contributed by atoms with E-state index in [1.165, 1.54) is 6.07 Å². The van der Waals surface area contributed by atoms with Crippen LogP contribution in [-0.2, 0) is 6.54 Å². The zero-order valence-corrected chi connectivity index (χ0v) is 10.2. The Balaban J connectivity index is 2.35. The van der Waals surface area contributed by atoms with Crippen molar-refractivity contribution in [2.75, 3.05) is 6.54 Å². The highest BCUT2D eigenvalue weighted by atomic mass is 32.1. The van der Waals surface area contributed by atoms with Crippen LogP contribution >= 0.6 is 11.3 Å². The van der Waals surface area contributed by atoms with Crippen molar-refractivity contribution in [3.63, 3.8) is 0 Å². The van der Waals surface area contributed by atoms with Crippen LogP contribution in [0.3, 0.4) is 0 Å². The molecule has 1 rings (SSSR count). The number of aliphatic hydroxyl groups excluding tert-OH is 1. The molecule has 1 atom stereocenters. The van der Waals surface area contributed by atoms with E-state index in [0.29, 0.717) is 13.1 Å². The Morgan fingerprint density at radius 2 is 2.25 bits per heavy atom. The Bertz CT molecular complexity index is 352. The SMILES string of the molecule is CC(C)C(O)CNCc1ccc([N+](=O)[O-])s1. The van der Waals surface area contributed by atoms with Gasteiger partial charge in [0.25, 0.3) is 0 Å². The molecule has 0 bridgehead atoms. The summed E-state index contributed by atoms with van der Waals surface area (Å²) in [7, 11) is 0. The molecule has 5 nitrogen and oxygen atoms in total. The number of hydrogen-bond acceptors (Lipinski definition) is 5. The second kappa shape index (κ2) is 5.93. The van der Waals surface area contributed by atoms with Crippen molar-refractivity contribution in [2.45, 2.75) is 26.5 Å². The van der Waals surface area contributed by atoms with Crippen LogP contribution in [0.2, 0.25) is 0 Å². The molecule has 6 heteroatoms. The largest absolute Gasteiger partial charge is 0.392 e. The van der Waals surface area contributed by atoms with E-state index < -0.39 is 4.92 Å². The molecule has 0 spiro atoms. The zero-order valence-electron chi connectivity index (χ0n) is 9.34. The number of hydrogen-bond donors (Lipinski definition) is 2.